The topological polar surface area (TPSA) is 96.0 Å². The first-order chi connectivity index (χ1) is 25.3. The lowest BCUT2D eigenvalue weighted by atomic mass is 9.94. The number of ether oxygens (including phenoxy) is 1. The maximum absolute atomic E-state index is 14.8. The summed E-state index contributed by atoms with van der Waals surface area (Å²) < 4.78 is 49.6. The third-order valence-electron chi connectivity index (χ3n) is 9.20. The van der Waals surface area contributed by atoms with E-state index in [9.17, 15) is 22.4 Å². The second kappa shape index (κ2) is 17.2. The van der Waals surface area contributed by atoms with Gasteiger partial charge in [-0.2, -0.15) is 0 Å². The molecule has 1 fully saturated rings. The minimum atomic E-state index is -4.27. The fourth-order valence-corrected chi connectivity index (χ4v) is 7.87. The third-order valence-corrected chi connectivity index (χ3v) is 11.0. The summed E-state index contributed by atoms with van der Waals surface area (Å²) in [7, 11) is -4.27. The van der Waals surface area contributed by atoms with Crippen molar-refractivity contribution in [2.45, 2.75) is 62.0 Å². The molecule has 0 aromatic heterocycles. The van der Waals surface area contributed by atoms with Crippen LogP contribution in [0.3, 0.4) is 0 Å². The molecule has 5 aromatic carbocycles. The highest BCUT2D eigenvalue weighted by molar-refractivity contribution is 7.92. The van der Waals surface area contributed by atoms with Crippen molar-refractivity contribution >= 4 is 27.5 Å². The summed E-state index contributed by atoms with van der Waals surface area (Å²) in [5.74, 6) is -0.234. The van der Waals surface area contributed by atoms with E-state index in [2.05, 4.69) is 5.32 Å². The van der Waals surface area contributed by atoms with Gasteiger partial charge in [0.2, 0.25) is 11.8 Å². The Kier molecular flexibility index (Phi) is 12.0. The Bertz CT molecular complexity index is 2010. The number of sulfonamides is 1. The predicted octanol–water partition coefficient (Wildman–Crippen LogP) is 7.90. The van der Waals surface area contributed by atoms with Crippen molar-refractivity contribution in [3.8, 4) is 11.5 Å². The molecule has 268 valence electrons. The van der Waals surface area contributed by atoms with Crippen LogP contribution in [0.5, 0.6) is 11.5 Å². The summed E-state index contributed by atoms with van der Waals surface area (Å²) in [6, 6.07) is 37.7. The Labute approximate surface area is 304 Å². The zero-order valence-corrected chi connectivity index (χ0v) is 29.6. The molecule has 5 aromatic rings. The van der Waals surface area contributed by atoms with Gasteiger partial charge in [-0.25, -0.2) is 12.8 Å². The standard InChI is InChI=1S/C42H42FN3O5S/c43-34-23-21-33(22-24-34)30-45(40(29-32-13-5-1-6-14-32)42(48)44-35-15-7-2-8-16-35)41(47)31-46(52(49,50)39-19-11-4-12-20-39)36-25-27-38(28-26-36)51-37-17-9-3-10-18-37/h1,3-6,9-14,17-28,35,40H,2,7-8,15-16,29-31H2,(H,44,48). The lowest BCUT2D eigenvalue weighted by Gasteiger charge is -2.35. The average Bonchev–Trinajstić information content (AvgIpc) is 3.18. The van der Waals surface area contributed by atoms with Crippen LogP contribution in [0.4, 0.5) is 10.1 Å². The summed E-state index contributed by atoms with van der Waals surface area (Å²) in [6.45, 7) is -0.642. The van der Waals surface area contributed by atoms with Crippen LogP contribution < -0.4 is 14.4 Å². The molecule has 1 saturated carbocycles. The highest BCUT2D eigenvalue weighted by atomic mass is 32.2. The smallest absolute Gasteiger partial charge is 0.264 e. The monoisotopic (exact) mass is 719 g/mol. The Hall–Kier alpha value is -5.48. The van der Waals surface area contributed by atoms with E-state index in [4.69, 9.17) is 4.74 Å². The van der Waals surface area contributed by atoms with Gasteiger partial charge in [-0.1, -0.05) is 98.1 Å². The number of halogens is 1. The summed E-state index contributed by atoms with van der Waals surface area (Å²) in [5, 5.41) is 3.20. The van der Waals surface area contributed by atoms with Gasteiger partial charge < -0.3 is 15.0 Å². The Morgan fingerprint density at radius 2 is 1.29 bits per heavy atom. The van der Waals surface area contributed by atoms with Crippen molar-refractivity contribution < 1.29 is 27.1 Å². The van der Waals surface area contributed by atoms with Gasteiger partial charge in [0.25, 0.3) is 10.0 Å². The van der Waals surface area contributed by atoms with E-state index in [-0.39, 0.29) is 35.5 Å². The van der Waals surface area contributed by atoms with Crippen molar-refractivity contribution in [2.75, 3.05) is 10.8 Å². The van der Waals surface area contributed by atoms with Crippen molar-refractivity contribution in [2.24, 2.45) is 0 Å². The number of benzene rings is 5. The first-order valence-electron chi connectivity index (χ1n) is 17.6. The largest absolute Gasteiger partial charge is 0.457 e. The maximum Gasteiger partial charge on any atom is 0.264 e. The summed E-state index contributed by atoms with van der Waals surface area (Å²) in [5.41, 5.74) is 1.68. The zero-order chi connectivity index (χ0) is 36.3. The number of carbonyl (C=O) groups excluding carboxylic acids is 2. The van der Waals surface area contributed by atoms with Gasteiger partial charge in [-0.15, -0.1) is 0 Å². The Balaban J connectivity index is 1.37. The quantitative estimate of drug-likeness (QED) is 0.126. The van der Waals surface area contributed by atoms with E-state index >= 15 is 0 Å². The van der Waals surface area contributed by atoms with E-state index in [0.29, 0.717) is 17.1 Å². The van der Waals surface area contributed by atoms with Crippen LogP contribution in [0.25, 0.3) is 0 Å². The molecule has 10 heteroatoms. The van der Waals surface area contributed by atoms with Crippen molar-refractivity contribution in [1.29, 1.82) is 0 Å². The lowest BCUT2D eigenvalue weighted by molar-refractivity contribution is -0.140. The molecule has 0 bridgehead atoms. The number of hydrogen-bond acceptors (Lipinski definition) is 5. The van der Waals surface area contributed by atoms with Crippen LogP contribution in [0, 0.1) is 5.82 Å². The van der Waals surface area contributed by atoms with Crippen LogP contribution >= 0.6 is 0 Å². The number of rotatable bonds is 14. The fraction of sp³-hybridized carbons (Fsp3) is 0.238. The van der Waals surface area contributed by atoms with Crippen LogP contribution in [0.2, 0.25) is 0 Å². The first-order valence-corrected chi connectivity index (χ1v) is 19.0. The number of para-hydroxylation sites is 1. The highest BCUT2D eigenvalue weighted by Crippen LogP contribution is 2.29. The van der Waals surface area contributed by atoms with Gasteiger partial charge in [-0.3, -0.25) is 13.9 Å². The molecular formula is C42H42FN3O5S. The SMILES string of the molecule is O=C(NC1CCCCC1)C(Cc1ccccc1)N(Cc1ccc(F)cc1)C(=O)CN(c1ccc(Oc2ccccc2)cc1)S(=O)(=O)c1ccccc1. The molecule has 0 heterocycles. The molecule has 1 aliphatic rings. The Morgan fingerprint density at radius 1 is 0.712 bits per heavy atom. The highest BCUT2D eigenvalue weighted by Gasteiger charge is 2.35. The zero-order valence-electron chi connectivity index (χ0n) is 28.8. The molecule has 0 spiro atoms. The molecule has 1 unspecified atom stereocenters. The molecule has 0 radical (unpaired) electrons. The molecule has 0 aliphatic heterocycles. The second-order valence-electron chi connectivity index (χ2n) is 12.9. The number of carbonyl (C=O) groups is 2. The van der Waals surface area contributed by atoms with Crippen LogP contribution in [0.1, 0.15) is 43.2 Å². The van der Waals surface area contributed by atoms with Crippen LogP contribution in [-0.4, -0.2) is 43.8 Å². The number of nitrogens with one attached hydrogen (secondary N) is 1. The summed E-state index contributed by atoms with van der Waals surface area (Å²) >= 11 is 0. The van der Waals surface area contributed by atoms with Gasteiger partial charge in [0.1, 0.15) is 29.9 Å². The molecule has 52 heavy (non-hydrogen) atoms. The van der Waals surface area contributed by atoms with Crippen molar-refractivity contribution in [1.82, 2.24) is 10.2 Å². The third kappa shape index (κ3) is 9.44. The Morgan fingerprint density at radius 3 is 1.92 bits per heavy atom. The molecule has 1 N–H and O–H groups in total. The number of hydrogen-bond donors (Lipinski definition) is 1. The number of anilines is 1. The predicted molar refractivity (Wildman–Crippen MR) is 200 cm³/mol. The normalized spacial score (nSPS) is 13.9. The molecule has 8 nitrogen and oxygen atoms in total. The van der Waals surface area contributed by atoms with Crippen LogP contribution in [0.15, 0.2) is 144 Å². The van der Waals surface area contributed by atoms with Gasteiger partial charge in [-0.05, 0) is 84.6 Å². The molecule has 2 amide bonds. The average molecular weight is 720 g/mol. The first kappa shape index (κ1) is 36.3. The number of nitrogens with zero attached hydrogens (tertiary/aromatic N) is 2. The molecular weight excluding hydrogens is 678 g/mol. The fourth-order valence-electron chi connectivity index (χ4n) is 6.44. The summed E-state index contributed by atoms with van der Waals surface area (Å²) in [4.78, 5) is 30.4. The van der Waals surface area contributed by atoms with Gasteiger partial charge in [0.05, 0.1) is 10.6 Å². The van der Waals surface area contributed by atoms with E-state index in [1.54, 1.807) is 54.6 Å². The molecule has 1 atom stereocenters. The number of amides is 2. The van der Waals surface area contributed by atoms with Gasteiger partial charge in [0, 0.05) is 19.0 Å². The van der Waals surface area contributed by atoms with Crippen molar-refractivity contribution in [3.05, 3.63) is 156 Å². The van der Waals surface area contributed by atoms with Crippen LogP contribution in [-0.2, 0) is 32.6 Å². The second-order valence-corrected chi connectivity index (χ2v) is 14.8. The minimum Gasteiger partial charge on any atom is -0.457 e. The van der Waals surface area contributed by atoms with E-state index in [0.717, 1.165) is 42.0 Å². The van der Waals surface area contributed by atoms with Gasteiger partial charge in [0.15, 0.2) is 0 Å². The molecule has 1 aliphatic carbocycles. The lowest BCUT2D eigenvalue weighted by Crippen LogP contribution is -2.55. The van der Waals surface area contributed by atoms with E-state index < -0.39 is 34.3 Å². The van der Waals surface area contributed by atoms with E-state index in [1.807, 2.05) is 60.7 Å². The molecule has 0 saturated heterocycles. The minimum absolute atomic E-state index is 0.00775. The maximum atomic E-state index is 14.8. The summed E-state index contributed by atoms with van der Waals surface area (Å²) in [6.07, 6.45) is 5.02. The molecule has 6 rings (SSSR count). The van der Waals surface area contributed by atoms with E-state index in [1.165, 1.54) is 29.2 Å². The van der Waals surface area contributed by atoms with Crippen molar-refractivity contribution in [3.63, 3.8) is 0 Å². The van der Waals surface area contributed by atoms with Gasteiger partial charge >= 0.3 is 0 Å².